The molecule has 9 heteroatoms. The Labute approximate surface area is 216 Å². The van der Waals surface area contributed by atoms with Gasteiger partial charge in [-0.3, -0.25) is 9.69 Å². The third-order valence-corrected chi connectivity index (χ3v) is 8.35. The van der Waals surface area contributed by atoms with Crippen molar-refractivity contribution in [1.29, 1.82) is 0 Å². The van der Waals surface area contributed by atoms with E-state index >= 15 is 0 Å². The van der Waals surface area contributed by atoms with E-state index < -0.39 is 40.3 Å². The predicted octanol–water partition coefficient (Wildman–Crippen LogP) is 6.58. The second kappa shape index (κ2) is 8.89. The molecule has 1 aliphatic heterocycles. The molecule has 6 nitrogen and oxygen atoms in total. The quantitative estimate of drug-likeness (QED) is 0.402. The minimum absolute atomic E-state index is 0.276. The van der Waals surface area contributed by atoms with Gasteiger partial charge in [0.25, 0.3) is 0 Å². The fraction of sp³-hybridized carbons (Fsp3) is 0.630. The first kappa shape index (κ1) is 26.7. The SMILES string of the molecule is CC(C)CCOc1ccc([C@]2(C)NC(=O)N(C3(C)CC(C)(C(=O)O)C3)C=C2C2CC(F)(F)C2)cc1Cl. The van der Waals surface area contributed by atoms with Crippen molar-refractivity contribution in [2.45, 2.75) is 83.7 Å². The zero-order valence-electron chi connectivity index (χ0n) is 21.5. The van der Waals surface area contributed by atoms with Crippen LogP contribution in [-0.4, -0.2) is 40.1 Å². The molecule has 0 bridgehead atoms. The van der Waals surface area contributed by atoms with Gasteiger partial charge < -0.3 is 15.2 Å². The summed E-state index contributed by atoms with van der Waals surface area (Å²) in [6.07, 6.45) is 2.51. The zero-order valence-corrected chi connectivity index (χ0v) is 22.2. The number of carbonyl (C=O) groups is 2. The average molecular weight is 525 g/mol. The Morgan fingerprint density at radius 1 is 1.25 bits per heavy atom. The monoisotopic (exact) mass is 524 g/mol. The summed E-state index contributed by atoms with van der Waals surface area (Å²) in [5.41, 5.74) is -1.35. The Kier molecular flexibility index (Phi) is 6.60. The molecule has 2 amide bonds. The van der Waals surface area contributed by atoms with Gasteiger partial charge in [-0.1, -0.05) is 31.5 Å². The molecule has 1 atom stereocenters. The summed E-state index contributed by atoms with van der Waals surface area (Å²) >= 11 is 6.53. The first-order valence-corrected chi connectivity index (χ1v) is 12.8. The lowest BCUT2D eigenvalue weighted by atomic mass is 9.58. The Hall–Kier alpha value is -2.35. The highest BCUT2D eigenvalue weighted by molar-refractivity contribution is 6.32. The van der Waals surface area contributed by atoms with E-state index in [1.165, 1.54) is 4.90 Å². The number of amides is 2. The van der Waals surface area contributed by atoms with E-state index in [-0.39, 0.29) is 25.7 Å². The van der Waals surface area contributed by atoms with E-state index in [0.717, 1.165) is 6.42 Å². The summed E-state index contributed by atoms with van der Waals surface area (Å²) in [6.45, 7) is 10.0. The third kappa shape index (κ3) is 4.69. The van der Waals surface area contributed by atoms with Crippen LogP contribution in [0.3, 0.4) is 0 Å². The zero-order chi connectivity index (χ0) is 26.7. The lowest BCUT2D eigenvalue weighted by Gasteiger charge is -2.57. The van der Waals surface area contributed by atoms with Gasteiger partial charge in [0, 0.05) is 24.6 Å². The number of halogens is 3. The van der Waals surface area contributed by atoms with Crippen LogP contribution in [0.4, 0.5) is 13.6 Å². The van der Waals surface area contributed by atoms with E-state index in [1.54, 1.807) is 32.2 Å². The number of carboxylic acid groups (broad SMARTS) is 1. The molecule has 36 heavy (non-hydrogen) atoms. The summed E-state index contributed by atoms with van der Waals surface area (Å²) in [7, 11) is 0. The van der Waals surface area contributed by atoms with Crippen LogP contribution in [0.1, 0.15) is 72.3 Å². The molecule has 2 N–H and O–H groups in total. The van der Waals surface area contributed by atoms with Crippen LogP contribution in [0.25, 0.3) is 0 Å². The summed E-state index contributed by atoms with van der Waals surface area (Å²) in [5, 5.41) is 13.0. The molecule has 2 aliphatic carbocycles. The number of ether oxygens (including phenoxy) is 1. The standard InChI is InChI=1S/C27H35ClF2N2O4/c1-16(2)8-9-36-21-7-6-18(10-20(21)28)26(5)19(17-11-27(29,30)12-17)13-32(23(35)31-26)25(4)14-24(3,15-25)22(33)34/h6-7,10,13,16-17H,8-9,11-12,14-15H2,1-5H3,(H,31,35)(H,33,34)/t24?,25?,26-/m0/s1. The average Bonchev–Trinajstić information content (AvgIpc) is 2.71. The number of hydrogen-bond donors (Lipinski definition) is 2. The highest BCUT2D eigenvalue weighted by atomic mass is 35.5. The molecule has 0 unspecified atom stereocenters. The number of nitrogens with one attached hydrogen (secondary N) is 1. The Balaban J connectivity index is 1.66. The van der Waals surface area contributed by atoms with Gasteiger partial charge >= 0.3 is 12.0 Å². The van der Waals surface area contributed by atoms with Crippen molar-refractivity contribution in [2.24, 2.45) is 17.3 Å². The van der Waals surface area contributed by atoms with Gasteiger partial charge in [-0.25, -0.2) is 13.6 Å². The first-order valence-electron chi connectivity index (χ1n) is 12.5. The van der Waals surface area contributed by atoms with Crippen molar-refractivity contribution in [2.75, 3.05) is 6.61 Å². The van der Waals surface area contributed by atoms with Gasteiger partial charge in [0.05, 0.1) is 22.6 Å². The van der Waals surface area contributed by atoms with Gasteiger partial charge in [-0.2, -0.15) is 0 Å². The molecule has 1 aromatic rings. The van der Waals surface area contributed by atoms with Gasteiger partial charge in [0.2, 0.25) is 5.92 Å². The van der Waals surface area contributed by atoms with E-state index in [2.05, 4.69) is 19.2 Å². The van der Waals surface area contributed by atoms with Crippen molar-refractivity contribution in [3.8, 4) is 5.75 Å². The second-order valence-electron chi connectivity index (χ2n) is 11.9. The van der Waals surface area contributed by atoms with Crippen LogP contribution in [0, 0.1) is 17.3 Å². The maximum atomic E-state index is 13.9. The van der Waals surface area contributed by atoms with E-state index in [1.807, 2.05) is 13.0 Å². The molecular formula is C27H35ClF2N2O4. The summed E-state index contributed by atoms with van der Waals surface area (Å²) in [4.78, 5) is 26.6. The number of aliphatic carboxylic acids is 1. The third-order valence-electron chi connectivity index (χ3n) is 8.05. The molecule has 0 radical (unpaired) electrons. The number of rotatable bonds is 8. The van der Waals surface area contributed by atoms with Crippen molar-refractivity contribution in [3.63, 3.8) is 0 Å². The van der Waals surface area contributed by atoms with E-state index in [9.17, 15) is 23.5 Å². The van der Waals surface area contributed by atoms with Crippen LogP contribution in [0.5, 0.6) is 5.75 Å². The van der Waals surface area contributed by atoms with Crippen LogP contribution >= 0.6 is 11.6 Å². The van der Waals surface area contributed by atoms with Crippen molar-refractivity contribution < 1.29 is 28.2 Å². The van der Waals surface area contributed by atoms with Crippen LogP contribution in [0.2, 0.25) is 5.02 Å². The minimum atomic E-state index is -2.74. The number of benzene rings is 1. The van der Waals surface area contributed by atoms with Crippen LogP contribution < -0.4 is 10.1 Å². The number of nitrogens with zero attached hydrogens (tertiary/aromatic N) is 1. The fourth-order valence-electron chi connectivity index (χ4n) is 5.99. The lowest BCUT2D eigenvalue weighted by molar-refractivity contribution is -0.162. The number of hydrogen-bond acceptors (Lipinski definition) is 3. The second-order valence-corrected chi connectivity index (χ2v) is 12.3. The molecule has 4 rings (SSSR count). The molecule has 198 valence electrons. The number of carboxylic acids is 1. The molecule has 1 heterocycles. The summed E-state index contributed by atoms with van der Waals surface area (Å²) in [5.74, 6) is -3.06. The van der Waals surface area contributed by atoms with Crippen molar-refractivity contribution in [1.82, 2.24) is 10.2 Å². The van der Waals surface area contributed by atoms with Crippen LogP contribution in [-0.2, 0) is 10.3 Å². The van der Waals surface area contributed by atoms with Gasteiger partial charge in [-0.15, -0.1) is 0 Å². The maximum absolute atomic E-state index is 13.9. The van der Waals surface area contributed by atoms with Crippen molar-refractivity contribution in [3.05, 3.63) is 40.6 Å². The molecule has 0 saturated heterocycles. The number of urea groups is 1. The predicted molar refractivity (Wildman–Crippen MR) is 133 cm³/mol. The lowest BCUT2D eigenvalue weighted by Crippen LogP contribution is -2.67. The van der Waals surface area contributed by atoms with E-state index in [4.69, 9.17) is 16.3 Å². The highest BCUT2D eigenvalue weighted by Crippen LogP contribution is 2.56. The van der Waals surface area contributed by atoms with Gasteiger partial charge in [0.15, 0.2) is 0 Å². The summed E-state index contributed by atoms with van der Waals surface area (Å²) in [6, 6.07) is 4.89. The van der Waals surface area contributed by atoms with E-state index in [0.29, 0.717) is 34.4 Å². The normalized spacial score (nSPS) is 31.9. The maximum Gasteiger partial charge on any atom is 0.322 e. The topological polar surface area (TPSA) is 78.9 Å². The first-order chi connectivity index (χ1) is 16.6. The van der Waals surface area contributed by atoms with Gasteiger partial charge in [-0.05, 0) is 75.1 Å². The summed E-state index contributed by atoms with van der Waals surface area (Å²) < 4.78 is 33.7. The Morgan fingerprint density at radius 3 is 2.42 bits per heavy atom. The Morgan fingerprint density at radius 2 is 1.89 bits per heavy atom. The molecule has 0 spiro atoms. The minimum Gasteiger partial charge on any atom is -0.492 e. The smallest absolute Gasteiger partial charge is 0.322 e. The molecule has 2 fully saturated rings. The molecule has 1 aromatic carbocycles. The Bertz CT molecular complexity index is 1090. The van der Waals surface area contributed by atoms with Gasteiger partial charge in [0.1, 0.15) is 5.75 Å². The highest BCUT2D eigenvalue weighted by Gasteiger charge is 2.60. The number of alkyl halides is 2. The van der Waals surface area contributed by atoms with Crippen molar-refractivity contribution >= 4 is 23.6 Å². The molecule has 0 aromatic heterocycles. The van der Waals surface area contributed by atoms with Crippen LogP contribution in [0.15, 0.2) is 30.0 Å². The fourth-order valence-corrected chi connectivity index (χ4v) is 6.23. The molecular weight excluding hydrogens is 490 g/mol. The number of carbonyl (C=O) groups excluding carboxylic acids is 1. The molecule has 3 aliphatic rings. The molecule has 2 saturated carbocycles. The largest absolute Gasteiger partial charge is 0.492 e.